The zero-order valence-electron chi connectivity index (χ0n) is 9.47. The normalized spacial score (nSPS) is 10.4. The summed E-state index contributed by atoms with van der Waals surface area (Å²) in [6.45, 7) is 3.75. The fraction of sp³-hybridized carbons (Fsp3) is 0.417. The Bertz CT molecular complexity index is 382. The summed E-state index contributed by atoms with van der Waals surface area (Å²) in [5.41, 5.74) is 1.04. The number of carbonyl (C=O) groups excluding carboxylic acids is 1. The van der Waals surface area contributed by atoms with Crippen molar-refractivity contribution in [2.75, 3.05) is 0 Å². The summed E-state index contributed by atoms with van der Waals surface area (Å²) in [7, 11) is 0. The predicted octanol–water partition coefficient (Wildman–Crippen LogP) is 2.75. The molecule has 0 radical (unpaired) electrons. The zero-order valence-corrected chi connectivity index (χ0v) is 9.47. The summed E-state index contributed by atoms with van der Waals surface area (Å²) < 4.78 is 0. The Labute approximate surface area is 94.4 Å². The number of nitrogens with zero attached hydrogens (tertiary/aromatic N) is 1. The van der Waals surface area contributed by atoms with E-state index in [9.17, 15) is 14.9 Å². The number of ketones is 1. The first kappa shape index (κ1) is 12.4. The van der Waals surface area contributed by atoms with Gasteiger partial charge in [-0.3, -0.25) is 14.9 Å². The van der Waals surface area contributed by atoms with Gasteiger partial charge in [0.1, 0.15) is 5.78 Å². The van der Waals surface area contributed by atoms with E-state index in [1.807, 2.05) is 13.8 Å². The molecular weight excluding hydrogens is 206 g/mol. The molecule has 0 aliphatic heterocycles. The number of non-ortho nitro benzene ring substituents is 1. The molecule has 0 saturated heterocycles. The van der Waals surface area contributed by atoms with Crippen molar-refractivity contribution < 1.29 is 9.72 Å². The van der Waals surface area contributed by atoms with Gasteiger partial charge >= 0.3 is 0 Å². The van der Waals surface area contributed by atoms with Gasteiger partial charge in [0.25, 0.3) is 5.69 Å². The maximum Gasteiger partial charge on any atom is 0.269 e. The third kappa shape index (κ3) is 3.46. The molecule has 0 heterocycles. The largest absolute Gasteiger partial charge is 0.299 e. The van der Waals surface area contributed by atoms with Crippen LogP contribution in [0.1, 0.15) is 25.8 Å². The molecule has 1 aromatic carbocycles. The second-order valence-electron chi connectivity index (χ2n) is 4.04. The molecule has 4 nitrogen and oxygen atoms in total. The molecule has 16 heavy (non-hydrogen) atoms. The first-order valence-corrected chi connectivity index (χ1v) is 5.26. The number of benzene rings is 1. The number of nitro groups is 1. The van der Waals surface area contributed by atoms with Gasteiger partial charge in [0, 0.05) is 24.5 Å². The average Bonchev–Trinajstić information content (AvgIpc) is 2.26. The van der Waals surface area contributed by atoms with Crippen LogP contribution in [0.2, 0.25) is 0 Å². The Morgan fingerprint density at radius 3 is 2.31 bits per heavy atom. The van der Waals surface area contributed by atoms with Crippen LogP contribution >= 0.6 is 0 Å². The van der Waals surface area contributed by atoms with Crippen LogP contribution in [0.3, 0.4) is 0 Å². The number of carbonyl (C=O) groups is 1. The maximum atomic E-state index is 11.4. The summed E-state index contributed by atoms with van der Waals surface area (Å²) >= 11 is 0. The summed E-state index contributed by atoms with van der Waals surface area (Å²) in [5, 5.41) is 10.4. The lowest BCUT2D eigenvalue weighted by Gasteiger charge is -2.03. The van der Waals surface area contributed by atoms with Crippen LogP contribution < -0.4 is 0 Å². The monoisotopic (exact) mass is 221 g/mol. The van der Waals surface area contributed by atoms with E-state index in [2.05, 4.69) is 0 Å². The lowest BCUT2D eigenvalue weighted by molar-refractivity contribution is -0.384. The fourth-order valence-corrected chi connectivity index (χ4v) is 1.34. The zero-order chi connectivity index (χ0) is 12.1. The lowest BCUT2D eigenvalue weighted by atomic mass is 10.0. The Hall–Kier alpha value is -1.71. The molecule has 0 atom stereocenters. The Kier molecular flexibility index (Phi) is 4.17. The van der Waals surface area contributed by atoms with E-state index in [4.69, 9.17) is 0 Å². The van der Waals surface area contributed by atoms with Crippen molar-refractivity contribution in [1.29, 1.82) is 0 Å². The van der Waals surface area contributed by atoms with Crippen LogP contribution in [0.25, 0.3) is 0 Å². The van der Waals surface area contributed by atoms with Gasteiger partial charge < -0.3 is 0 Å². The van der Waals surface area contributed by atoms with Gasteiger partial charge in [-0.05, 0) is 12.0 Å². The Morgan fingerprint density at radius 2 is 1.88 bits per heavy atom. The van der Waals surface area contributed by atoms with Gasteiger partial charge in [0.15, 0.2) is 0 Å². The molecule has 0 N–H and O–H groups in total. The minimum absolute atomic E-state index is 0.0537. The van der Waals surface area contributed by atoms with E-state index in [-0.39, 0.29) is 17.4 Å². The minimum atomic E-state index is -0.428. The average molecular weight is 221 g/mol. The number of hydrogen-bond acceptors (Lipinski definition) is 3. The maximum absolute atomic E-state index is 11.4. The summed E-state index contributed by atoms with van der Waals surface area (Å²) in [6, 6.07) is 6.34. The Balaban J connectivity index is 2.56. The molecule has 1 rings (SSSR count). The van der Waals surface area contributed by atoms with E-state index in [1.54, 1.807) is 12.1 Å². The predicted molar refractivity (Wildman–Crippen MR) is 61.3 cm³/mol. The molecule has 4 heteroatoms. The molecule has 0 spiro atoms. The van der Waals surface area contributed by atoms with Crippen LogP contribution in [0.4, 0.5) is 5.69 Å². The van der Waals surface area contributed by atoms with Crippen LogP contribution in [0.5, 0.6) is 0 Å². The third-order valence-corrected chi connectivity index (χ3v) is 2.45. The minimum Gasteiger partial charge on any atom is -0.299 e. The molecule has 0 bridgehead atoms. The van der Waals surface area contributed by atoms with Crippen LogP contribution in [0, 0.1) is 16.0 Å². The fourth-order valence-electron chi connectivity index (χ4n) is 1.34. The molecule has 1 aromatic rings. The molecule has 0 aliphatic rings. The van der Waals surface area contributed by atoms with Crippen LogP contribution in [-0.4, -0.2) is 10.7 Å². The number of nitro benzene ring substituents is 1. The summed E-state index contributed by atoms with van der Waals surface area (Å²) in [4.78, 5) is 21.4. The second-order valence-corrected chi connectivity index (χ2v) is 4.04. The summed E-state index contributed by atoms with van der Waals surface area (Å²) in [6.07, 6.45) is 1.14. The van der Waals surface area contributed by atoms with E-state index >= 15 is 0 Å². The van der Waals surface area contributed by atoms with Crippen molar-refractivity contribution in [2.24, 2.45) is 5.92 Å². The van der Waals surface area contributed by atoms with Crippen LogP contribution in [-0.2, 0) is 11.2 Å². The number of aryl methyl sites for hydroxylation is 1. The molecule has 0 unspecified atom stereocenters. The first-order chi connectivity index (χ1) is 7.50. The molecule has 0 amide bonds. The SMILES string of the molecule is CC(C)C(=O)CCc1ccc([N+](=O)[O-])cc1. The van der Waals surface area contributed by atoms with Gasteiger partial charge in [-0.15, -0.1) is 0 Å². The molecular formula is C12H15NO3. The quantitative estimate of drug-likeness (QED) is 0.567. The van der Waals surface area contributed by atoms with E-state index in [0.29, 0.717) is 12.8 Å². The van der Waals surface area contributed by atoms with Crippen molar-refractivity contribution in [3.05, 3.63) is 39.9 Å². The van der Waals surface area contributed by atoms with Gasteiger partial charge in [0.05, 0.1) is 4.92 Å². The standard InChI is InChI=1S/C12H15NO3/c1-9(2)12(14)8-5-10-3-6-11(7-4-10)13(15)16/h3-4,6-7,9H,5,8H2,1-2H3. The molecule has 0 fully saturated rings. The number of rotatable bonds is 5. The highest BCUT2D eigenvalue weighted by Gasteiger charge is 2.08. The summed E-state index contributed by atoms with van der Waals surface area (Å²) in [5.74, 6) is 0.274. The molecule has 0 saturated carbocycles. The highest BCUT2D eigenvalue weighted by molar-refractivity contribution is 5.80. The van der Waals surface area contributed by atoms with E-state index in [1.165, 1.54) is 12.1 Å². The van der Waals surface area contributed by atoms with Gasteiger partial charge in [0.2, 0.25) is 0 Å². The highest BCUT2D eigenvalue weighted by Crippen LogP contribution is 2.13. The van der Waals surface area contributed by atoms with Crippen molar-refractivity contribution in [3.8, 4) is 0 Å². The van der Waals surface area contributed by atoms with Crippen LogP contribution in [0.15, 0.2) is 24.3 Å². The second kappa shape index (κ2) is 5.39. The van der Waals surface area contributed by atoms with Gasteiger partial charge in [-0.1, -0.05) is 26.0 Å². The topological polar surface area (TPSA) is 60.2 Å². The lowest BCUT2D eigenvalue weighted by Crippen LogP contribution is -2.07. The number of hydrogen-bond donors (Lipinski definition) is 0. The van der Waals surface area contributed by atoms with Crippen molar-refractivity contribution >= 4 is 11.5 Å². The third-order valence-electron chi connectivity index (χ3n) is 2.45. The van der Waals surface area contributed by atoms with Gasteiger partial charge in [-0.25, -0.2) is 0 Å². The van der Waals surface area contributed by atoms with Gasteiger partial charge in [-0.2, -0.15) is 0 Å². The molecule has 0 aliphatic carbocycles. The van der Waals surface area contributed by atoms with Crippen molar-refractivity contribution in [3.63, 3.8) is 0 Å². The smallest absolute Gasteiger partial charge is 0.269 e. The number of Topliss-reactive ketones (excluding diaryl/α,β-unsaturated/α-hetero) is 1. The van der Waals surface area contributed by atoms with Crippen molar-refractivity contribution in [1.82, 2.24) is 0 Å². The molecule has 0 aromatic heterocycles. The van der Waals surface area contributed by atoms with Crippen molar-refractivity contribution in [2.45, 2.75) is 26.7 Å². The Morgan fingerprint density at radius 1 is 1.31 bits per heavy atom. The van der Waals surface area contributed by atoms with E-state index in [0.717, 1.165) is 5.56 Å². The first-order valence-electron chi connectivity index (χ1n) is 5.26. The molecule has 86 valence electrons. The van der Waals surface area contributed by atoms with E-state index < -0.39 is 4.92 Å². The highest BCUT2D eigenvalue weighted by atomic mass is 16.6.